The predicted molar refractivity (Wildman–Crippen MR) is 225 cm³/mol. The fourth-order valence-corrected chi connectivity index (χ4v) is 10.1. The molecule has 0 radical (unpaired) electrons. The lowest BCUT2D eigenvalue weighted by atomic mass is 9.65. The van der Waals surface area contributed by atoms with Crippen molar-refractivity contribution in [3.05, 3.63) is 222 Å². The minimum Gasteiger partial charge on any atom is -0.309 e. The molecule has 1 heteroatoms. The number of hydrogen-bond donors (Lipinski definition) is 0. The van der Waals surface area contributed by atoms with E-state index < -0.39 is 5.41 Å². The summed E-state index contributed by atoms with van der Waals surface area (Å²) in [6.45, 7) is 0. The molecule has 1 atom stereocenters. The molecule has 0 N–H and O–H groups in total. The van der Waals surface area contributed by atoms with Crippen molar-refractivity contribution in [3.63, 3.8) is 0 Å². The first kappa shape index (κ1) is 29.6. The molecule has 1 spiro atoms. The van der Waals surface area contributed by atoms with Gasteiger partial charge in [0.05, 0.1) is 16.8 Å². The van der Waals surface area contributed by atoms with E-state index >= 15 is 0 Å². The molecule has 9 aromatic rings. The quantitative estimate of drug-likeness (QED) is 0.166. The zero-order valence-electron chi connectivity index (χ0n) is 29.5. The summed E-state index contributed by atoms with van der Waals surface area (Å²) in [4.78, 5) is 2.50. The maximum absolute atomic E-state index is 2.53. The summed E-state index contributed by atoms with van der Waals surface area (Å²) >= 11 is 0. The normalized spacial score (nSPS) is 15.4. The smallest absolute Gasteiger partial charge is 0.0726 e. The summed E-state index contributed by atoms with van der Waals surface area (Å²) < 4.78 is 0. The zero-order chi connectivity index (χ0) is 35.4. The van der Waals surface area contributed by atoms with E-state index in [2.05, 4.69) is 205 Å². The van der Waals surface area contributed by atoms with Crippen LogP contribution in [0, 0.1) is 0 Å². The first-order valence-corrected chi connectivity index (χ1v) is 18.9. The molecule has 12 rings (SSSR count). The van der Waals surface area contributed by atoms with Crippen molar-refractivity contribution in [1.82, 2.24) is 0 Å². The molecule has 54 heavy (non-hydrogen) atoms. The summed E-state index contributed by atoms with van der Waals surface area (Å²) in [6.07, 6.45) is 0. The van der Waals surface area contributed by atoms with Gasteiger partial charge in [-0.3, -0.25) is 0 Å². The average molecular weight is 684 g/mol. The SMILES string of the molecule is c1ccc2c(c1)-c1ccccc1N(c1ccc3c(c1)C1(c4ccccc4-c4ccccc4-3)c3ccccc3-c3c1ccc1ccccc31)c1ccccc1-2. The minimum absolute atomic E-state index is 0.579. The van der Waals surface area contributed by atoms with Gasteiger partial charge in [0.2, 0.25) is 0 Å². The van der Waals surface area contributed by atoms with Crippen molar-refractivity contribution in [2.24, 2.45) is 0 Å². The Morgan fingerprint density at radius 3 is 1.41 bits per heavy atom. The van der Waals surface area contributed by atoms with Crippen LogP contribution >= 0.6 is 0 Å². The summed E-state index contributed by atoms with van der Waals surface area (Å²) in [5.74, 6) is 0. The van der Waals surface area contributed by atoms with Crippen LogP contribution in [0.1, 0.15) is 22.3 Å². The molecule has 0 aromatic heterocycles. The molecule has 3 aliphatic rings. The maximum Gasteiger partial charge on any atom is 0.0726 e. The Bertz CT molecular complexity index is 2960. The largest absolute Gasteiger partial charge is 0.309 e. The highest BCUT2D eigenvalue weighted by molar-refractivity contribution is 6.07. The number of anilines is 3. The highest BCUT2D eigenvalue weighted by atomic mass is 15.1. The molecule has 0 amide bonds. The van der Waals surface area contributed by atoms with Gasteiger partial charge in [0.25, 0.3) is 0 Å². The molecular weight excluding hydrogens is 651 g/mol. The fourth-order valence-electron chi connectivity index (χ4n) is 10.1. The lowest BCUT2D eigenvalue weighted by Crippen LogP contribution is -2.29. The van der Waals surface area contributed by atoms with Crippen LogP contribution in [0.15, 0.2) is 200 Å². The average Bonchev–Trinajstić information content (AvgIpc) is 3.42. The van der Waals surface area contributed by atoms with E-state index in [4.69, 9.17) is 0 Å². The Labute approximate surface area is 315 Å². The van der Waals surface area contributed by atoms with Crippen LogP contribution in [0.2, 0.25) is 0 Å². The zero-order valence-corrected chi connectivity index (χ0v) is 29.5. The Balaban J connectivity index is 1.25. The van der Waals surface area contributed by atoms with Crippen molar-refractivity contribution < 1.29 is 0 Å². The molecule has 0 saturated heterocycles. The van der Waals surface area contributed by atoms with Gasteiger partial charge in [-0.25, -0.2) is 0 Å². The van der Waals surface area contributed by atoms with Crippen molar-refractivity contribution in [2.45, 2.75) is 5.41 Å². The van der Waals surface area contributed by atoms with E-state index in [1.165, 1.54) is 100 Å². The van der Waals surface area contributed by atoms with Crippen LogP contribution in [0.25, 0.3) is 66.4 Å². The van der Waals surface area contributed by atoms with E-state index in [1.807, 2.05) is 0 Å². The number of rotatable bonds is 1. The summed E-state index contributed by atoms with van der Waals surface area (Å²) in [5, 5.41) is 2.56. The standard InChI is InChI=1S/C53H33N/c1-2-16-36-34(15-1)29-32-48-52(36)45-24-8-12-26-47(45)53(48)46-25-11-7-21-41(46)37-17-3-4-18-38(37)42-31-30-35(33-49(42)53)54-50-27-13-9-22-43(50)39-19-5-6-20-40(39)44-23-10-14-28-51(44)54/h1-33H. The third kappa shape index (κ3) is 3.78. The number of para-hydroxylation sites is 2. The van der Waals surface area contributed by atoms with Gasteiger partial charge in [-0.15, -0.1) is 0 Å². The second-order valence-corrected chi connectivity index (χ2v) is 14.7. The second kappa shape index (κ2) is 11.0. The maximum atomic E-state index is 2.53. The monoisotopic (exact) mass is 683 g/mol. The van der Waals surface area contributed by atoms with E-state index in [1.54, 1.807) is 0 Å². The van der Waals surface area contributed by atoms with E-state index in [-0.39, 0.29) is 0 Å². The lowest BCUT2D eigenvalue weighted by Gasteiger charge is -2.36. The van der Waals surface area contributed by atoms with Crippen LogP contribution in [-0.4, -0.2) is 0 Å². The topological polar surface area (TPSA) is 3.24 Å². The van der Waals surface area contributed by atoms with Gasteiger partial charge in [-0.2, -0.15) is 0 Å². The Morgan fingerprint density at radius 1 is 0.296 bits per heavy atom. The van der Waals surface area contributed by atoms with Crippen LogP contribution in [-0.2, 0) is 5.41 Å². The van der Waals surface area contributed by atoms with Crippen molar-refractivity contribution in [3.8, 4) is 55.6 Å². The van der Waals surface area contributed by atoms with Crippen LogP contribution < -0.4 is 4.90 Å². The van der Waals surface area contributed by atoms with Crippen molar-refractivity contribution >= 4 is 27.8 Å². The second-order valence-electron chi connectivity index (χ2n) is 14.7. The molecule has 2 aliphatic carbocycles. The minimum atomic E-state index is -0.579. The first-order valence-electron chi connectivity index (χ1n) is 18.9. The molecular formula is C53H33N. The third-order valence-electron chi connectivity index (χ3n) is 12.2. The summed E-state index contributed by atoms with van der Waals surface area (Å²) in [5.41, 5.74) is 20.9. The molecule has 0 bridgehead atoms. The molecule has 9 aromatic carbocycles. The van der Waals surface area contributed by atoms with E-state index in [0.29, 0.717) is 0 Å². The molecule has 250 valence electrons. The Morgan fingerprint density at radius 2 is 0.759 bits per heavy atom. The third-order valence-corrected chi connectivity index (χ3v) is 12.2. The van der Waals surface area contributed by atoms with E-state index in [0.717, 1.165) is 5.69 Å². The molecule has 1 nitrogen and oxygen atoms in total. The molecule has 1 aliphatic heterocycles. The van der Waals surface area contributed by atoms with Crippen LogP contribution in [0.3, 0.4) is 0 Å². The van der Waals surface area contributed by atoms with E-state index in [9.17, 15) is 0 Å². The van der Waals surface area contributed by atoms with Gasteiger partial charge in [-0.1, -0.05) is 176 Å². The molecule has 1 heterocycles. The highest BCUT2D eigenvalue weighted by Crippen LogP contribution is 2.63. The number of hydrogen-bond acceptors (Lipinski definition) is 1. The van der Waals surface area contributed by atoms with Gasteiger partial charge in [0, 0.05) is 16.8 Å². The van der Waals surface area contributed by atoms with Gasteiger partial charge >= 0.3 is 0 Å². The van der Waals surface area contributed by atoms with Gasteiger partial charge in [0.1, 0.15) is 0 Å². The Kier molecular flexibility index (Phi) is 6.04. The molecule has 0 fully saturated rings. The van der Waals surface area contributed by atoms with Gasteiger partial charge in [-0.05, 0) is 102 Å². The number of nitrogens with zero attached hydrogens (tertiary/aromatic N) is 1. The number of benzene rings is 9. The fraction of sp³-hybridized carbons (Fsp3) is 0.0189. The van der Waals surface area contributed by atoms with Crippen LogP contribution in [0.5, 0.6) is 0 Å². The molecule has 0 saturated carbocycles. The van der Waals surface area contributed by atoms with Crippen molar-refractivity contribution in [2.75, 3.05) is 4.90 Å². The van der Waals surface area contributed by atoms with Gasteiger partial charge in [0.15, 0.2) is 0 Å². The number of fused-ring (bicyclic) bond motifs is 19. The van der Waals surface area contributed by atoms with Crippen molar-refractivity contribution in [1.29, 1.82) is 0 Å². The van der Waals surface area contributed by atoms with Crippen LogP contribution in [0.4, 0.5) is 17.1 Å². The first-order chi connectivity index (χ1) is 26.8. The molecule has 1 unspecified atom stereocenters. The predicted octanol–water partition coefficient (Wildman–Crippen LogP) is 14.0. The lowest BCUT2D eigenvalue weighted by molar-refractivity contribution is 0.776. The van der Waals surface area contributed by atoms with Gasteiger partial charge < -0.3 is 4.90 Å². The summed E-state index contributed by atoms with van der Waals surface area (Å²) in [7, 11) is 0. The Hall–Kier alpha value is -6.96. The highest BCUT2D eigenvalue weighted by Gasteiger charge is 2.50. The summed E-state index contributed by atoms with van der Waals surface area (Å²) in [6, 6.07) is 75.0.